The molecule has 0 saturated carbocycles. The lowest BCUT2D eigenvalue weighted by molar-refractivity contribution is -0.134. The summed E-state index contributed by atoms with van der Waals surface area (Å²) in [7, 11) is 0. The average Bonchev–Trinajstić information content (AvgIpc) is 2.63. The molecule has 1 heterocycles. The number of carbonyl (C=O) groups excluding carboxylic acids is 1. The lowest BCUT2D eigenvalue weighted by atomic mass is 9.76. The highest BCUT2D eigenvalue weighted by atomic mass is 35.5. The van der Waals surface area contributed by atoms with Gasteiger partial charge in [-0.05, 0) is 30.4 Å². The Labute approximate surface area is 156 Å². The van der Waals surface area contributed by atoms with Crippen molar-refractivity contribution in [3.63, 3.8) is 0 Å². The highest BCUT2D eigenvalue weighted by Gasteiger charge is 2.35. The molecule has 2 N–H and O–H groups in total. The number of carbonyl (C=O) groups is 1. The fraction of sp³-hybridized carbons (Fsp3) is 0.381. The number of hydrogen-bond acceptors (Lipinski definition) is 2. The minimum absolute atomic E-state index is 0. The van der Waals surface area contributed by atoms with E-state index >= 15 is 0 Å². The van der Waals surface area contributed by atoms with Crippen molar-refractivity contribution in [2.24, 2.45) is 5.73 Å². The van der Waals surface area contributed by atoms with Crippen LogP contribution in [0.5, 0.6) is 0 Å². The molecule has 0 aromatic heterocycles. The van der Waals surface area contributed by atoms with Crippen LogP contribution in [0.2, 0.25) is 0 Å². The Morgan fingerprint density at radius 1 is 1.12 bits per heavy atom. The van der Waals surface area contributed by atoms with Crippen LogP contribution >= 0.6 is 12.4 Å². The van der Waals surface area contributed by atoms with E-state index in [0.29, 0.717) is 6.42 Å². The predicted octanol–water partition coefficient (Wildman–Crippen LogP) is 3.56. The standard InChI is InChI=1S/C21H26N2O.ClH/c1-21(18-11-6-3-7-12-18)13-8-14-23(16-21)20(24)19(22)15-17-9-4-2-5-10-17;/h2-7,9-12,19H,8,13-16,22H2,1H3;1H/t19-,21?;/m0./s1. The van der Waals surface area contributed by atoms with Crippen LogP contribution in [0, 0.1) is 0 Å². The van der Waals surface area contributed by atoms with Gasteiger partial charge in [0.2, 0.25) is 5.91 Å². The SMILES string of the molecule is CC1(c2ccccc2)CCCN(C(=O)[C@@H](N)Cc2ccccc2)C1.Cl. The molecule has 1 aliphatic rings. The van der Waals surface area contributed by atoms with Gasteiger partial charge < -0.3 is 10.6 Å². The maximum Gasteiger partial charge on any atom is 0.239 e. The molecular weight excluding hydrogens is 332 g/mol. The zero-order valence-electron chi connectivity index (χ0n) is 14.7. The molecule has 3 nitrogen and oxygen atoms in total. The van der Waals surface area contributed by atoms with E-state index in [-0.39, 0.29) is 23.7 Å². The third-order valence-corrected chi connectivity index (χ3v) is 5.09. The van der Waals surface area contributed by atoms with Crippen molar-refractivity contribution in [3.8, 4) is 0 Å². The second kappa shape index (κ2) is 8.50. The van der Waals surface area contributed by atoms with E-state index in [1.54, 1.807) is 0 Å². The number of piperidine rings is 1. The van der Waals surface area contributed by atoms with Gasteiger partial charge in [-0.15, -0.1) is 12.4 Å². The number of amides is 1. The summed E-state index contributed by atoms with van der Waals surface area (Å²) in [5.41, 5.74) is 8.65. The predicted molar refractivity (Wildman–Crippen MR) is 105 cm³/mol. The van der Waals surface area contributed by atoms with Gasteiger partial charge in [-0.25, -0.2) is 0 Å². The molecule has 2 atom stereocenters. The summed E-state index contributed by atoms with van der Waals surface area (Å²) < 4.78 is 0. The maximum absolute atomic E-state index is 12.8. The molecule has 4 heteroatoms. The first kappa shape index (κ1) is 19.5. The Kier molecular flexibility index (Phi) is 6.63. The largest absolute Gasteiger partial charge is 0.340 e. The summed E-state index contributed by atoms with van der Waals surface area (Å²) in [5.74, 6) is 0.0701. The Morgan fingerprint density at radius 2 is 1.72 bits per heavy atom. The van der Waals surface area contributed by atoms with Gasteiger partial charge in [0.25, 0.3) is 0 Å². The van der Waals surface area contributed by atoms with Crippen LogP contribution in [-0.4, -0.2) is 29.9 Å². The third kappa shape index (κ3) is 4.62. The Hall–Kier alpha value is -1.84. The number of nitrogens with two attached hydrogens (primary N) is 1. The third-order valence-electron chi connectivity index (χ3n) is 5.09. The molecule has 3 rings (SSSR count). The van der Waals surface area contributed by atoms with Gasteiger partial charge in [-0.2, -0.15) is 0 Å². The molecule has 25 heavy (non-hydrogen) atoms. The zero-order chi connectivity index (χ0) is 17.0. The topological polar surface area (TPSA) is 46.3 Å². The fourth-order valence-corrected chi connectivity index (χ4v) is 3.69. The zero-order valence-corrected chi connectivity index (χ0v) is 15.5. The van der Waals surface area contributed by atoms with E-state index in [1.807, 2.05) is 41.3 Å². The van der Waals surface area contributed by atoms with E-state index in [4.69, 9.17) is 5.73 Å². The molecular formula is C21H27ClN2O. The van der Waals surface area contributed by atoms with Crippen molar-refractivity contribution in [2.45, 2.75) is 37.6 Å². The van der Waals surface area contributed by atoms with E-state index in [0.717, 1.165) is 31.5 Å². The minimum atomic E-state index is -0.467. The van der Waals surface area contributed by atoms with E-state index in [1.165, 1.54) is 5.56 Å². The fourth-order valence-electron chi connectivity index (χ4n) is 3.69. The molecule has 0 bridgehead atoms. The summed E-state index contributed by atoms with van der Waals surface area (Å²) in [6.45, 7) is 3.81. The molecule has 1 fully saturated rings. The number of rotatable bonds is 4. The van der Waals surface area contributed by atoms with Crippen LogP contribution in [0.3, 0.4) is 0 Å². The Morgan fingerprint density at radius 3 is 2.36 bits per heavy atom. The minimum Gasteiger partial charge on any atom is -0.340 e. The second-order valence-electron chi connectivity index (χ2n) is 7.09. The van der Waals surface area contributed by atoms with Crippen LogP contribution in [0.15, 0.2) is 60.7 Å². The van der Waals surface area contributed by atoms with Crippen LogP contribution in [-0.2, 0) is 16.6 Å². The number of likely N-dealkylation sites (tertiary alicyclic amines) is 1. The van der Waals surface area contributed by atoms with E-state index < -0.39 is 6.04 Å². The highest BCUT2D eigenvalue weighted by molar-refractivity contribution is 5.85. The van der Waals surface area contributed by atoms with Gasteiger partial charge in [-0.3, -0.25) is 4.79 Å². The molecule has 1 unspecified atom stereocenters. The lowest BCUT2D eigenvalue weighted by Crippen LogP contribution is -2.52. The number of nitrogens with zero attached hydrogens (tertiary/aromatic N) is 1. The van der Waals surface area contributed by atoms with Crippen LogP contribution < -0.4 is 5.73 Å². The highest BCUT2D eigenvalue weighted by Crippen LogP contribution is 2.33. The number of halogens is 1. The first-order valence-corrected chi connectivity index (χ1v) is 8.72. The van der Waals surface area contributed by atoms with Crippen LogP contribution in [0.1, 0.15) is 30.9 Å². The molecule has 0 spiro atoms. The molecule has 0 radical (unpaired) electrons. The van der Waals surface area contributed by atoms with Crippen molar-refractivity contribution in [1.29, 1.82) is 0 Å². The van der Waals surface area contributed by atoms with Crippen molar-refractivity contribution in [1.82, 2.24) is 4.90 Å². The second-order valence-corrected chi connectivity index (χ2v) is 7.09. The average molecular weight is 359 g/mol. The van der Waals surface area contributed by atoms with E-state index in [9.17, 15) is 4.79 Å². The lowest BCUT2D eigenvalue weighted by Gasteiger charge is -2.41. The summed E-state index contributed by atoms with van der Waals surface area (Å²) in [4.78, 5) is 14.8. The summed E-state index contributed by atoms with van der Waals surface area (Å²) in [5, 5.41) is 0. The molecule has 0 aliphatic carbocycles. The van der Waals surface area contributed by atoms with Gasteiger partial charge in [0.15, 0.2) is 0 Å². The molecule has 2 aromatic carbocycles. The van der Waals surface area contributed by atoms with Crippen LogP contribution in [0.4, 0.5) is 0 Å². The first-order chi connectivity index (χ1) is 11.6. The van der Waals surface area contributed by atoms with Gasteiger partial charge in [0.1, 0.15) is 0 Å². The van der Waals surface area contributed by atoms with Crippen molar-refractivity contribution in [2.75, 3.05) is 13.1 Å². The summed E-state index contributed by atoms with van der Waals surface area (Å²) in [6.07, 6.45) is 2.72. The normalized spacial score (nSPS) is 21.3. The van der Waals surface area contributed by atoms with Gasteiger partial charge in [-0.1, -0.05) is 67.6 Å². The van der Waals surface area contributed by atoms with Crippen LogP contribution in [0.25, 0.3) is 0 Å². The Balaban J connectivity index is 0.00000225. The molecule has 2 aromatic rings. The monoisotopic (exact) mass is 358 g/mol. The summed E-state index contributed by atoms with van der Waals surface area (Å²) in [6, 6.07) is 20.0. The van der Waals surface area contributed by atoms with Crippen molar-refractivity contribution >= 4 is 18.3 Å². The van der Waals surface area contributed by atoms with E-state index in [2.05, 4.69) is 31.2 Å². The van der Waals surface area contributed by atoms with Gasteiger partial charge in [0.05, 0.1) is 6.04 Å². The molecule has 134 valence electrons. The van der Waals surface area contributed by atoms with Gasteiger partial charge >= 0.3 is 0 Å². The summed E-state index contributed by atoms with van der Waals surface area (Å²) >= 11 is 0. The quantitative estimate of drug-likeness (QED) is 0.908. The number of hydrogen-bond donors (Lipinski definition) is 1. The Bertz CT molecular complexity index is 677. The smallest absolute Gasteiger partial charge is 0.239 e. The molecule has 1 aliphatic heterocycles. The first-order valence-electron chi connectivity index (χ1n) is 8.72. The molecule has 1 saturated heterocycles. The maximum atomic E-state index is 12.8. The molecule has 1 amide bonds. The number of benzene rings is 2. The van der Waals surface area contributed by atoms with Gasteiger partial charge in [0, 0.05) is 18.5 Å². The van der Waals surface area contributed by atoms with Crippen molar-refractivity contribution in [3.05, 3.63) is 71.8 Å². The van der Waals surface area contributed by atoms with Crippen molar-refractivity contribution < 1.29 is 4.79 Å².